The van der Waals surface area contributed by atoms with Crippen LogP contribution in [0.5, 0.6) is 23.0 Å². The van der Waals surface area contributed by atoms with Crippen LogP contribution < -0.4 is 24.3 Å². The Morgan fingerprint density at radius 2 is 0.889 bits per heavy atom. The van der Waals surface area contributed by atoms with E-state index < -0.39 is 7.92 Å². The van der Waals surface area contributed by atoms with Crippen molar-refractivity contribution >= 4 is 19.0 Å². The van der Waals surface area contributed by atoms with Crippen LogP contribution in [0.25, 0.3) is 22.3 Å². The third-order valence-electron chi connectivity index (χ3n) is 8.49. The summed E-state index contributed by atoms with van der Waals surface area (Å²) in [5, 5.41) is 1.27. The number of Topliss-reactive ketones (excluding diaryl/α,β-unsaturated/α-hetero) is 1. The monoisotopic (exact) mass is 616 g/mol. The second kappa shape index (κ2) is 13.6. The third kappa shape index (κ3) is 6.32. The van der Waals surface area contributed by atoms with Gasteiger partial charge in [0.1, 0.15) is 28.8 Å². The molecule has 0 bridgehead atoms. The number of methoxy groups -OCH3 is 4. The van der Waals surface area contributed by atoms with E-state index >= 15 is 0 Å². The minimum absolute atomic E-state index is 0.0974. The maximum absolute atomic E-state index is 13.8. The van der Waals surface area contributed by atoms with Crippen molar-refractivity contribution in [2.75, 3.05) is 28.4 Å². The molecule has 5 aromatic rings. The summed E-state index contributed by atoms with van der Waals surface area (Å²) >= 11 is 0. The molecule has 0 radical (unpaired) electrons. The van der Waals surface area contributed by atoms with E-state index in [2.05, 4.69) is 91.0 Å². The zero-order valence-electron chi connectivity index (χ0n) is 26.0. The molecule has 0 saturated carbocycles. The quantitative estimate of drug-likeness (QED) is 0.155. The Labute approximate surface area is 266 Å². The number of hydrogen-bond acceptors (Lipinski definition) is 5. The molecule has 45 heavy (non-hydrogen) atoms. The van der Waals surface area contributed by atoms with Gasteiger partial charge in [-0.25, -0.2) is 0 Å². The van der Waals surface area contributed by atoms with Gasteiger partial charge in [0.15, 0.2) is 0 Å². The molecule has 228 valence electrons. The van der Waals surface area contributed by atoms with Crippen LogP contribution in [-0.2, 0) is 4.79 Å². The molecule has 0 aliphatic carbocycles. The van der Waals surface area contributed by atoms with E-state index in [0.29, 0.717) is 35.8 Å². The number of carbonyl (C=O) groups is 1. The highest BCUT2D eigenvalue weighted by Crippen LogP contribution is 2.68. The summed E-state index contributed by atoms with van der Waals surface area (Å²) in [6.07, 6.45) is 0.855. The van der Waals surface area contributed by atoms with Crippen LogP contribution >= 0.6 is 7.92 Å². The van der Waals surface area contributed by atoms with E-state index in [1.54, 1.807) is 28.4 Å². The van der Waals surface area contributed by atoms with E-state index in [0.717, 1.165) is 22.3 Å². The van der Waals surface area contributed by atoms with Crippen molar-refractivity contribution in [2.24, 2.45) is 0 Å². The van der Waals surface area contributed by atoms with Crippen LogP contribution in [0.1, 0.15) is 35.3 Å². The first kappa shape index (κ1) is 30.4. The first-order valence-corrected chi connectivity index (χ1v) is 16.5. The highest BCUT2D eigenvalue weighted by Gasteiger charge is 2.42. The molecule has 0 amide bonds. The van der Waals surface area contributed by atoms with Crippen molar-refractivity contribution in [1.82, 2.24) is 0 Å². The van der Waals surface area contributed by atoms with Gasteiger partial charge in [0.05, 0.1) is 28.4 Å². The minimum atomic E-state index is -1.07. The maximum Gasteiger partial charge on any atom is 0.134 e. The van der Waals surface area contributed by atoms with Crippen LogP contribution in [0.3, 0.4) is 0 Å². The van der Waals surface area contributed by atoms with E-state index in [-0.39, 0.29) is 17.1 Å². The molecule has 2 unspecified atom stereocenters. The SMILES string of the molecule is COc1cc(OC)cc(C2CC(=O)CC(c3cc(OC)cc(OC)c3)P2c2c(-c3ccccc3)cccc2-c2ccccc2)c1. The second-order valence-electron chi connectivity index (χ2n) is 11.1. The summed E-state index contributed by atoms with van der Waals surface area (Å²) in [6, 6.07) is 39.7. The largest absolute Gasteiger partial charge is 0.497 e. The minimum Gasteiger partial charge on any atom is -0.497 e. The number of ether oxygens (including phenoxy) is 4. The van der Waals surface area contributed by atoms with Crippen molar-refractivity contribution in [3.8, 4) is 45.3 Å². The van der Waals surface area contributed by atoms with Crippen molar-refractivity contribution in [2.45, 2.75) is 24.2 Å². The zero-order chi connectivity index (χ0) is 31.3. The van der Waals surface area contributed by atoms with E-state index in [1.165, 1.54) is 16.4 Å². The number of rotatable bonds is 9. The number of benzene rings is 5. The van der Waals surface area contributed by atoms with Gasteiger partial charge in [-0.2, -0.15) is 0 Å². The normalized spacial score (nSPS) is 17.9. The van der Waals surface area contributed by atoms with Crippen LogP contribution in [0.2, 0.25) is 0 Å². The Balaban J connectivity index is 1.69. The summed E-state index contributed by atoms with van der Waals surface area (Å²) in [5.41, 5.74) is 6.52. The summed E-state index contributed by atoms with van der Waals surface area (Å²) in [7, 11) is 5.58. The van der Waals surface area contributed by atoms with Gasteiger partial charge in [-0.05, 0) is 63.0 Å². The lowest BCUT2D eigenvalue weighted by Crippen LogP contribution is -2.26. The molecular formula is C39H37O5P. The topological polar surface area (TPSA) is 54.0 Å². The smallest absolute Gasteiger partial charge is 0.134 e. The lowest BCUT2D eigenvalue weighted by molar-refractivity contribution is -0.119. The Hall–Kier alpha value is -4.60. The first-order valence-electron chi connectivity index (χ1n) is 15.0. The summed E-state index contributed by atoms with van der Waals surface area (Å²) in [4.78, 5) is 13.8. The average Bonchev–Trinajstić information content (AvgIpc) is 3.11. The van der Waals surface area contributed by atoms with Crippen LogP contribution in [-0.4, -0.2) is 34.2 Å². The van der Waals surface area contributed by atoms with Gasteiger partial charge in [0, 0.05) is 36.3 Å². The molecule has 0 N–H and O–H groups in total. The van der Waals surface area contributed by atoms with E-state index in [4.69, 9.17) is 18.9 Å². The molecule has 1 saturated heterocycles. The Morgan fingerprint density at radius 3 is 1.24 bits per heavy atom. The van der Waals surface area contributed by atoms with Gasteiger partial charge in [0.25, 0.3) is 0 Å². The fourth-order valence-electron chi connectivity index (χ4n) is 6.36. The van der Waals surface area contributed by atoms with Crippen LogP contribution in [0, 0.1) is 0 Å². The Morgan fingerprint density at radius 1 is 0.511 bits per heavy atom. The van der Waals surface area contributed by atoms with Crippen molar-refractivity contribution < 1.29 is 23.7 Å². The first-order chi connectivity index (χ1) is 22.0. The number of carbonyl (C=O) groups excluding carboxylic acids is 1. The summed E-state index contributed by atoms with van der Waals surface area (Å²) < 4.78 is 22.9. The average molecular weight is 617 g/mol. The zero-order valence-corrected chi connectivity index (χ0v) is 26.9. The summed E-state index contributed by atoms with van der Waals surface area (Å²) in [6.45, 7) is 0. The van der Waals surface area contributed by atoms with Gasteiger partial charge in [-0.15, -0.1) is 0 Å². The third-order valence-corrected chi connectivity index (χ3v) is 11.8. The number of hydrogen-bond donors (Lipinski definition) is 0. The van der Waals surface area contributed by atoms with Gasteiger partial charge in [-0.1, -0.05) is 86.8 Å². The molecule has 6 rings (SSSR count). The molecule has 6 heteroatoms. The van der Waals surface area contributed by atoms with Crippen LogP contribution in [0.4, 0.5) is 0 Å². The molecule has 1 aliphatic heterocycles. The second-order valence-corrected chi connectivity index (χ2v) is 13.6. The molecule has 1 heterocycles. The Bertz CT molecular complexity index is 1620. The predicted octanol–water partition coefficient (Wildman–Crippen LogP) is 9.01. The molecule has 1 aliphatic rings. The van der Waals surface area contributed by atoms with E-state index in [9.17, 15) is 4.79 Å². The van der Waals surface area contributed by atoms with Crippen molar-refractivity contribution in [3.63, 3.8) is 0 Å². The molecule has 5 nitrogen and oxygen atoms in total. The molecule has 5 aromatic carbocycles. The van der Waals surface area contributed by atoms with Crippen molar-refractivity contribution in [1.29, 1.82) is 0 Å². The Kier molecular flexibility index (Phi) is 9.18. The number of ketones is 1. The summed E-state index contributed by atoms with van der Waals surface area (Å²) in [5.74, 6) is 3.05. The van der Waals surface area contributed by atoms with E-state index in [1.807, 2.05) is 24.3 Å². The highest BCUT2D eigenvalue weighted by molar-refractivity contribution is 7.67. The van der Waals surface area contributed by atoms with Gasteiger partial charge < -0.3 is 18.9 Å². The predicted molar refractivity (Wildman–Crippen MR) is 183 cm³/mol. The molecule has 2 atom stereocenters. The maximum atomic E-state index is 13.8. The fourth-order valence-corrected chi connectivity index (χ4v) is 10.1. The standard InChI is InChI=1S/C39H37O5P/c1-41-31-18-28(19-32(24-31)42-2)37-22-30(40)23-38(29-20-33(43-3)25-34(21-29)44-4)45(37)39-35(26-12-7-5-8-13-26)16-11-17-36(39)27-14-9-6-10-15-27/h5-21,24-25,37-38H,22-23H2,1-4H3. The lowest BCUT2D eigenvalue weighted by atomic mass is 9.98. The molecule has 0 spiro atoms. The van der Waals surface area contributed by atoms with Gasteiger partial charge >= 0.3 is 0 Å². The molecular weight excluding hydrogens is 579 g/mol. The van der Waals surface area contributed by atoms with Gasteiger partial charge in [0.2, 0.25) is 0 Å². The van der Waals surface area contributed by atoms with Crippen molar-refractivity contribution in [3.05, 3.63) is 126 Å². The fraction of sp³-hybridized carbons (Fsp3) is 0.205. The van der Waals surface area contributed by atoms with Crippen LogP contribution in [0.15, 0.2) is 115 Å². The molecule has 1 fully saturated rings. The van der Waals surface area contributed by atoms with Gasteiger partial charge in [-0.3, -0.25) is 4.79 Å². The highest BCUT2D eigenvalue weighted by atomic mass is 31.1. The lowest BCUT2D eigenvalue weighted by Gasteiger charge is -2.41. The molecule has 0 aromatic heterocycles.